The van der Waals surface area contributed by atoms with Gasteiger partial charge in [-0.15, -0.1) is 0 Å². The number of halogens is 3. The van der Waals surface area contributed by atoms with Crippen LogP contribution in [0, 0.1) is 19.8 Å². The van der Waals surface area contributed by atoms with Crippen molar-refractivity contribution in [3.63, 3.8) is 0 Å². The molecule has 0 heterocycles. The van der Waals surface area contributed by atoms with Gasteiger partial charge in [-0.05, 0) is 73.6 Å². The van der Waals surface area contributed by atoms with Gasteiger partial charge < -0.3 is 15.2 Å². The number of alkyl halides is 3. The van der Waals surface area contributed by atoms with Crippen LogP contribution in [0.3, 0.4) is 0 Å². The van der Waals surface area contributed by atoms with E-state index < -0.39 is 29.5 Å². The number of aryl methyl sites for hydroxylation is 2. The second-order valence-corrected chi connectivity index (χ2v) is 7.82. The minimum absolute atomic E-state index is 0.275. The van der Waals surface area contributed by atoms with Crippen LogP contribution in [0.2, 0.25) is 0 Å². The van der Waals surface area contributed by atoms with E-state index in [0.717, 1.165) is 12.5 Å². The number of ether oxygens (including phenoxy) is 1. The maximum atomic E-state index is 13.5. The number of carboxylic acid groups (broad SMARTS) is 1. The minimum Gasteiger partial charge on any atom is -0.494 e. The number of nitrogens with one attached hydrogen (secondary N) is 1. The minimum atomic E-state index is -4.67. The molecule has 1 saturated carbocycles. The van der Waals surface area contributed by atoms with E-state index >= 15 is 0 Å². The van der Waals surface area contributed by atoms with E-state index in [1.54, 1.807) is 26.0 Å². The Morgan fingerprint density at radius 2 is 1.81 bits per heavy atom. The molecule has 0 bridgehead atoms. The van der Waals surface area contributed by atoms with E-state index in [1.165, 1.54) is 12.1 Å². The third-order valence-corrected chi connectivity index (χ3v) is 5.34. The summed E-state index contributed by atoms with van der Waals surface area (Å²) in [5, 5.41) is 11.5. The maximum Gasteiger partial charge on any atom is 0.418 e. The average molecular weight is 435 g/mol. The van der Waals surface area contributed by atoms with Gasteiger partial charge in [0.2, 0.25) is 0 Å². The van der Waals surface area contributed by atoms with Crippen LogP contribution in [-0.2, 0) is 11.0 Å². The average Bonchev–Trinajstić information content (AvgIpc) is 3.46. The fraction of sp³-hybridized carbons (Fsp3) is 0.391. The summed E-state index contributed by atoms with van der Waals surface area (Å²) in [6.45, 7) is 5.88. The van der Waals surface area contributed by atoms with E-state index in [4.69, 9.17) is 9.84 Å². The highest BCUT2D eigenvalue weighted by Crippen LogP contribution is 2.49. The van der Waals surface area contributed by atoms with Crippen molar-refractivity contribution in [2.45, 2.75) is 45.7 Å². The largest absolute Gasteiger partial charge is 0.494 e. The number of anilines is 1. The smallest absolute Gasteiger partial charge is 0.418 e. The molecule has 31 heavy (non-hydrogen) atoms. The molecular weight excluding hydrogens is 411 g/mol. The lowest BCUT2D eigenvalue weighted by Gasteiger charge is -2.17. The van der Waals surface area contributed by atoms with E-state index in [1.807, 2.05) is 6.92 Å². The summed E-state index contributed by atoms with van der Waals surface area (Å²) >= 11 is 0. The molecule has 2 aromatic carbocycles. The molecule has 0 aromatic heterocycles. The van der Waals surface area contributed by atoms with Crippen LogP contribution in [0.1, 0.15) is 58.3 Å². The molecule has 0 radical (unpaired) electrons. The molecule has 2 atom stereocenters. The van der Waals surface area contributed by atoms with Crippen LogP contribution >= 0.6 is 0 Å². The van der Waals surface area contributed by atoms with Gasteiger partial charge in [0.15, 0.2) is 0 Å². The zero-order valence-electron chi connectivity index (χ0n) is 17.5. The topological polar surface area (TPSA) is 75.6 Å². The van der Waals surface area contributed by atoms with Crippen molar-refractivity contribution in [2.24, 2.45) is 5.92 Å². The van der Waals surface area contributed by atoms with Crippen molar-refractivity contribution in [3.05, 3.63) is 58.1 Å². The second-order valence-electron chi connectivity index (χ2n) is 7.82. The van der Waals surface area contributed by atoms with Crippen molar-refractivity contribution in [3.8, 4) is 5.75 Å². The summed E-state index contributed by atoms with van der Waals surface area (Å²) in [5.74, 6) is -2.01. The molecule has 166 valence electrons. The fourth-order valence-corrected chi connectivity index (χ4v) is 3.75. The number of carbonyl (C=O) groups is 2. The highest BCUT2D eigenvalue weighted by molar-refractivity contribution is 6.07. The Morgan fingerprint density at radius 1 is 1.16 bits per heavy atom. The summed E-state index contributed by atoms with van der Waals surface area (Å²) in [7, 11) is 0. The number of amides is 1. The molecule has 1 amide bonds. The van der Waals surface area contributed by atoms with Crippen LogP contribution < -0.4 is 10.1 Å². The van der Waals surface area contributed by atoms with Crippen LogP contribution in [0.25, 0.3) is 0 Å². The quantitative estimate of drug-likeness (QED) is 0.598. The first kappa shape index (κ1) is 22.7. The molecule has 2 aromatic rings. The van der Waals surface area contributed by atoms with E-state index in [9.17, 15) is 22.8 Å². The molecule has 3 rings (SSSR count). The van der Waals surface area contributed by atoms with Crippen molar-refractivity contribution in [1.29, 1.82) is 0 Å². The third kappa shape index (κ3) is 5.00. The molecule has 5 nitrogen and oxygen atoms in total. The summed E-state index contributed by atoms with van der Waals surface area (Å²) in [6.07, 6.45) is -3.48. The van der Waals surface area contributed by atoms with Gasteiger partial charge in [0.05, 0.1) is 23.8 Å². The lowest BCUT2D eigenvalue weighted by molar-refractivity contribution is -0.139. The molecule has 2 N–H and O–H groups in total. The zero-order valence-corrected chi connectivity index (χ0v) is 17.5. The number of benzene rings is 2. The Balaban J connectivity index is 1.92. The number of aliphatic carboxylic acids is 1. The van der Waals surface area contributed by atoms with Gasteiger partial charge in [-0.3, -0.25) is 9.59 Å². The predicted octanol–water partition coefficient (Wildman–Crippen LogP) is 5.55. The Kier molecular flexibility index (Phi) is 6.29. The first-order valence-corrected chi connectivity index (χ1v) is 10.0. The molecule has 8 heteroatoms. The highest BCUT2D eigenvalue weighted by Gasteiger charge is 2.45. The molecule has 0 unspecified atom stereocenters. The van der Waals surface area contributed by atoms with Gasteiger partial charge in [-0.25, -0.2) is 0 Å². The van der Waals surface area contributed by atoms with Crippen molar-refractivity contribution < 1.29 is 32.6 Å². The number of hydrogen-bond acceptors (Lipinski definition) is 3. The molecule has 0 spiro atoms. The fourth-order valence-electron chi connectivity index (χ4n) is 3.75. The Hall–Kier alpha value is -3.03. The van der Waals surface area contributed by atoms with Crippen molar-refractivity contribution >= 4 is 17.6 Å². The van der Waals surface area contributed by atoms with Gasteiger partial charge in [0.1, 0.15) is 5.75 Å². The summed E-state index contributed by atoms with van der Waals surface area (Å²) in [4.78, 5) is 24.0. The highest BCUT2D eigenvalue weighted by atomic mass is 19.4. The van der Waals surface area contributed by atoms with E-state index in [-0.39, 0.29) is 17.2 Å². The first-order valence-electron chi connectivity index (χ1n) is 10.0. The molecule has 1 aliphatic carbocycles. The summed E-state index contributed by atoms with van der Waals surface area (Å²) < 4.78 is 46.2. The van der Waals surface area contributed by atoms with Gasteiger partial charge >= 0.3 is 12.1 Å². The first-order chi connectivity index (χ1) is 14.5. The van der Waals surface area contributed by atoms with Crippen LogP contribution in [0.4, 0.5) is 18.9 Å². The Morgan fingerprint density at radius 3 is 2.32 bits per heavy atom. The van der Waals surface area contributed by atoms with Crippen molar-refractivity contribution in [2.75, 3.05) is 11.9 Å². The number of carbonyl (C=O) groups excluding carboxylic acids is 1. The van der Waals surface area contributed by atoms with Crippen LogP contribution in [0.5, 0.6) is 5.75 Å². The van der Waals surface area contributed by atoms with Crippen LogP contribution in [-0.4, -0.2) is 23.6 Å². The standard InChI is InChI=1S/C23H24F3NO4/c1-4-7-31-15-8-12(2)20(13(3)9-15)21(28)27-19-10-14(16-11-17(16)22(29)30)5-6-18(19)23(24,25)26/h5-6,8-10,16-17H,4,7,11H2,1-3H3,(H,27,28)(H,29,30)/t16-,17-/m1/s1. The monoisotopic (exact) mass is 435 g/mol. The normalized spacial score (nSPS) is 17.9. The van der Waals surface area contributed by atoms with Crippen molar-refractivity contribution in [1.82, 2.24) is 0 Å². The molecule has 1 fully saturated rings. The van der Waals surface area contributed by atoms with Gasteiger partial charge in [0.25, 0.3) is 5.91 Å². The second kappa shape index (κ2) is 8.61. The molecule has 0 saturated heterocycles. The number of carboxylic acids is 1. The zero-order chi connectivity index (χ0) is 22.9. The summed E-state index contributed by atoms with van der Waals surface area (Å²) in [6, 6.07) is 6.77. The lowest BCUT2D eigenvalue weighted by Crippen LogP contribution is -2.19. The van der Waals surface area contributed by atoms with E-state index in [2.05, 4.69) is 5.32 Å². The van der Waals surface area contributed by atoms with Gasteiger partial charge in [-0.2, -0.15) is 13.2 Å². The molecular formula is C23H24F3NO4. The van der Waals surface area contributed by atoms with Gasteiger partial charge in [-0.1, -0.05) is 13.0 Å². The number of hydrogen-bond donors (Lipinski definition) is 2. The van der Waals surface area contributed by atoms with Gasteiger partial charge in [0, 0.05) is 5.56 Å². The third-order valence-electron chi connectivity index (χ3n) is 5.34. The molecule has 1 aliphatic rings. The summed E-state index contributed by atoms with van der Waals surface area (Å²) in [5.41, 5.74) is 0.555. The van der Waals surface area contributed by atoms with E-state index in [0.29, 0.717) is 35.5 Å². The Bertz CT molecular complexity index is 993. The maximum absolute atomic E-state index is 13.5. The number of rotatable bonds is 7. The predicted molar refractivity (Wildman–Crippen MR) is 110 cm³/mol. The SMILES string of the molecule is CCCOc1cc(C)c(C(=O)Nc2cc([C@H]3C[C@H]3C(=O)O)ccc2C(F)(F)F)c(C)c1. The molecule has 0 aliphatic heterocycles. The Labute approximate surface area is 178 Å². The lowest BCUT2D eigenvalue weighted by atomic mass is 10.00. The van der Waals surface area contributed by atoms with Crippen LogP contribution in [0.15, 0.2) is 30.3 Å².